The first-order chi connectivity index (χ1) is 34.2. The molecule has 3 saturated heterocycles. The maximum absolute atomic E-state index is 14.3. The van der Waals surface area contributed by atoms with Crippen LogP contribution in [0.25, 0.3) is 33.6 Å². The molecule has 0 radical (unpaired) electrons. The number of aromatic nitrogens is 4. The molecule has 3 aliphatic rings. The van der Waals surface area contributed by atoms with E-state index in [2.05, 4.69) is 20.6 Å². The molecule has 0 saturated carbocycles. The predicted molar refractivity (Wildman–Crippen MR) is 257 cm³/mol. The SMILES string of the molecule is CCOCCCC(NC(=O)OC)C(=O)N1CCCC1c1ncc(-c2ccc(-c3ccc(-c4cnc(C5CCCN5C(=O)C(NC(=O)OC)C5CCOCC5)[nH]4)c(OCCOC)c3OCCOC)cc2)[nH]1. The van der Waals surface area contributed by atoms with Crippen molar-refractivity contribution in [3.8, 4) is 45.1 Å². The van der Waals surface area contributed by atoms with Crippen LogP contribution in [0.5, 0.6) is 11.5 Å². The number of H-pyrrole nitrogens is 2. The minimum Gasteiger partial charge on any atom is -0.487 e. The van der Waals surface area contributed by atoms with Crippen LogP contribution in [0.1, 0.15) is 82.0 Å². The summed E-state index contributed by atoms with van der Waals surface area (Å²) in [7, 11) is 5.80. The predicted octanol–water partition coefficient (Wildman–Crippen LogP) is 6.20. The number of carbonyl (C=O) groups is 4. The van der Waals surface area contributed by atoms with Crippen LogP contribution < -0.4 is 20.1 Å². The average molecular weight is 973 g/mol. The molecule has 2 aromatic carbocycles. The Morgan fingerprint density at radius 3 is 1.86 bits per heavy atom. The number of methoxy groups -OCH3 is 4. The zero-order valence-electron chi connectivity index (χ0n) is 40.9. The Kier molecular flexibility index (Phi) is 18.9. The first-order valence-electron chi connectivity index (χ1n) is 24.3. The van der Waals surface area contributed by atoms with Gasteiger partial charge >= 0.3 is 12.2 Å². The van der Waals surface area contributed by atoms with Crippen LogP contribution in [-0.2, 0) is 38.0 Å². The molecular weight excluding hydrogens is 905 g/mol. The molecule has 3 aliphatic heterocycles. The molecule has 70 heavy (non-hydrogen) atoms. The summed E-state index contributed by atoms with van der Waals surface area (Å²) in [6.45, 7) is 6.23. The van der Waals surface area contributed by atoms with Gasteiger partial charge in [0.05, 0.1) is 63.3 Å². The lowest BCUT2D eigenvalue weighted by Crippen LogP contribution is -2.53. The highest BCUT2D eigenvalue weighted by Crippen LogP contribution is 2.46. The normalized spacial score (nSPS) is 18.1. The number of likely N-dealkylation sites (tertiary alicyclic amines) is 2. The minimum atomic E-state index is -0.754. The second-order valence-electron chi connectivity index (χ2n) is 17.4. The van der Waals surface area contributed by atoms with Crippen molar-refractivity contribution in [3.05, 3.63) is 60.4 Å². The van der Waals surface area contributed by atoms with E-state index in [-0.39, 0.29) is 43.0 Å². The molecule has 7 rings (SSSR count). The molecule has 380 valence electrons. The molecule has 2 aromatic heterocycles. The van der Waals surface area contributed by atoms with Crippen molar-refractivity contribution in [1.29, 1.82) is 0 Å². The summed E-state index contributed by atoms with van der Waals surface area (Å²) in [5.41, 5.74) is 4.69. The molecule has 4 amide bonds. The van der Waals surface area contributed by atoms with Gasteiger partial charge in [-0.25, -0.2) is 19.6 Å². The summed E-state index contributed by atoms with van der Waals surface area (Å²) in [5, 5.41) is 5.54. The van der Waals surface area contributed by atoms with E-state index in [9.17, 15) is 19.2 Å². The molecule has 4 atom stereocenters. The van der Waals surface area contributed by atoms with Gasteiger partial charge in [-0.2, -0.15) is 0 Å². The molecule has 0 bridgehead atoms. The van der Waals surface area contributed by atoms with Crippen molar-refractivity contribution in [2.24, 2.45) is 5.92 Å². The van der Waals surface area contributed by atoms with Gasteiger partial charge in [-0.15, -0.1) is 0 Å². The number of aromatic amines is 2. The zero-order valence-corrected chi connectivity index (χ0v) is 40.9. The van der Waals surface area contributed by atoms with Crippen molar-refractivity contribution >= 4 is 24.0 Å². The Morgan fingerprint density at radius 1 is 0.686 bits per heavy atom. The first kappa shape index (κ1) is 51.6. The zero-order chi connectivity index (χ0) is 49.4. The second kappa shape index (κ2) is 25.6. The fourth-order valence-electron chi connectivity index (χ4n) is 9.48. The van der Waals surface area contributed by atoms with Crippen molar-refractivity contribution in [3.63, 3.8) is 0 Å². The van der Waals surface area contributed by atoms with Crippen LogP contribution in [-0.4, -0.2) is 160 Å². The molecule has 0 spiro atoms. The lowest BCUT2D eigenvalue weighted by Gasteiger charge is -2.34. The highest BCUT2D eigenvalue weighted by atomic mass is 16.6. The molecule has 4 N–H and O–H groups in total. The number of benzene rings is 2. The molecule has 20 heteroatoms. The van der Waals surface area contributed by atoms with E-state index >= 15 is 0 Å². The van der Waals surface area contributed by atoms with Gasteiger partial charge in [-0.05, 0) is 87.5 Å². The number of nitrogens with zero attached hydrogens (tertiary/aromatic N) is 4. The van der Waals surface area contributed by atoms with Crippen LogP contribution in [0.2, 0.25) is 0 Å². The Labute approximate surface area is 408 Å². The van der Waals surface area contributed by atoms with Gasteiger partial charge in [0, 0.05) is 64.9 Å². The third-order valence-corrected chi connectivity index (χ3v) is 13.1. The molecule has 4 unspecified atom stereocenters. The highest BCUT2D eigenvalue weighted by molar-refractivity contribution is 5.87. The summed E-state index contributed by atoms with van der Waals surface area (Å²) >= 11 is 0. The van der Waals surface area contributed by atoms with E-state index in [4.69, 9.17) is 47.9 Å². The van der Waals surface area contributed by atoms with Gasteiger partial charge in [-0.1, -0.05) is 24.3 Å². The first-order valence-corrected chi connectivity index (χ1v) is 24.3. The average Bonchev–Trinajstić information content (AvgIpc) is 4.25. The number of nitrogens with one attached hydrogen (secondary N) is 4. The Bertz CT molecular complexity index is 2330. The van der Waals surface area contributed by atoms with Crippen molar-refractivity contribution in [1.82, 2.24) is 40.4 Å². The number of alkyl carbamates (subject to hydrolysis) is 2. The smallest absolute Gasteiger partial charge is 0.407 e. The monoisotopic (exact) mass is 972 g/mol. The second-order valence-corrected chi connectivity index (χ2v) is 17.4. The van der Waals surface area contributed by atoms with E-state index < -0.39 is 24.3 Å². The van der Waals surface area contributed by atoms with Crippen LogP contribution in [0.3, 0.4) is 0 Å². The van der Waals surface area contributed by atoms with Crippen LogP contribution in [0.4, 0.5) is 9.59 Å². The number of carbonyl (C=O) groups excluding carboxylic acids is 4. The largest absolute Gasteiger partial charge is 0.487 e. The maximum Gasteiger partial charge on any atom is 0.407 e. The van der Waals surface area contributed by atoms with E-state index in [1.807, 2.05) is 48.2 Å². The Balaban J connectivity index is 1.13. The molecular formula is C50H68N8O12. The summed E-state index contributed by atoms with van der Waals surface area (Å²) in [6.07, 6.45) is 7.53. The number of imidazole rings is 2. The summed E-state index contributed by atoms with van der Waals surface area (Å²) < 4.78 is 44.6. The fourth-order valence-corrected chi connectivity index (χ4v) is 9.48. The number of rotatable bonds is 23. The van der Waals surface area contributed by atoms with Crippen molar-refractivity contribution < 1.29 is 57.1 Å². The number of hydrogen-bond donors (Lipinski definition) is 4. The molecule has 0 aliphatic carbocycles. The van der Waals surface area contributed by atoms with E-state index in [1.54, 1.807) is 31.5 Å². The van der Waals surface area contributed by atoms with Gasteiger partial charge in [0.25, 0.3) is 0 Å². The quantitative estimate of drug-likeness (QED) is 0.0607. The maximum atomic E-state index is 14.3. The summed E-state index contributed by atoms with van der Waals surface area (Å²) in [6, 6.07) is 9.83. The third-order valence-electron chi connectivity index (χ3n) is 13.1. The number of amides is 4. The van der Waals surface area contributed by atoms with E-state index in [1.165, 1.54) is 14.2 Å². The molecule has 3 fully saturated rings. The number of ether oxygens (including phenoxy) is 8. The lowest BCUT2D eigenvalue weighted by molar-refractivity contribution is -0.137. The third kappa shape index (κ3) is 12.6. The fraction of sp³-hybridized carbons (Fsp3) is 0.560. The van der Waals surface area contributed by atoms with Crippen LogP contribution in [0, 0.1) is 5.92 Å². The lowest BCUT2D eigenvalue weighted by atomic mass is 9.90. The topological polar surface area (TPSA) is 230 Å². The molecule has 4 aromatic rings. The number of hydrogen-bond acceptors (Lipinski definition) is 14. The minimum absolute atomic E-state index is 0.0863. The van der Waals surface area contributed by atoms with Gasteiger partial charge < -0.3 is 68.3 Å². The summed E-state index contributed by atoms with van der Waals surface area (Å²) in [5.74, 6) is 1.84. The van der Waals surface area contributed by atoms with E-state index in [0.717, 1.165) is 41.6 Å². The molecule has 20 nitrogen and oxygen atoms in total. The Morgan fingerprint density at radius 2 is 1.24 bits per heavy atom. The van der Waals surface area contributed by atoms with Crippen molar-refractivity contribution in [2.75, 3.05) is 94.4 Å². The van der Waals surface area contributed by atoms with Gasteiger partial charge in [0.2, 0.25) is 11.8 Å². The van der Waals surface area contributed by atoms with Gasteiger partial charge in [0.1, 0.15) is 36.9 Å². The van der Waals surface area contributed by atoms with Crippen LogP contribution in [0.15, 0.2) is 48.8 Å². The summed E-state index contributed by atoms with van der Waals surface area (Å²) in [4.78, 5) is 73.0. The highest BCUT2D eigenvalue weighted by Gasteiger charge is 2.41. The van der Waals surface area contributed by atoms with Gasteiger partial charge in [0.15, 0.2) is 11.5 Å². The van der Waals surface area contributed by atoms with Gasteiger partial charge in [-0.3, -0.25) is 9.59 Å². The van der Waals surface area contributed by atoms with Crippen LogP contribution >= 0.6 is 0 Å². The molecule has 5 heterocycles. The van der Waals surface area contributed by atoms with E-state index in [0.29, 0.717) is 119 Å². The Hall–Kier alpha value is -6.22. The van der Waals surface area contributed by atoms with Crippen molar-refractivity contribution in [2.45, 2.75) is 82.5 Å². The standard InChI is InChI=1S/C50H68N8O12/c1-6-67-23-9-10-37(55-49(61)65-4)47(59)57-21-7-11-40(57)45-51-30-38(53-45)33-15-13-32(14-16-33)35-17-18-36(44(70-29-27-64-3)43(35)69-28-26-63-2)39-31-52-46(54-39)41-12-8-22-58(41)48(60)42(56-50(62)66-5)34-19-24-68-25-20-34/h13-18,30-31,34,37,40-42H,6-12,19-29H2,1-5H3,(H,51,53)(H,52,54)(H,55,61)(H,56,62).